The van der Waals surface area contributed by atoms with Crippen molar-refractivity contribution in [2.45, 2.75) is 25.4 Å². The third kappa shape index (κ3) is 3.21. The average molecular weight is 361 g/mol. The van der Waals surface area contributed by atoms with Crippen LogP contribution in [-0.4, -0.2) is 33.9 Å². The molecule has 3 aromatic rings. The second-order valence-corrected chi connectivity index (χ2v) is 7.23. The van der Waals surface area contributed by atoms with Crippen LogP contribution in [0.25, 0.3) is 10.9 Å². The first kappa shape index (κ1) is 17.3. The van der Waals surface area contributed by atoms with Crippen molar-refractivity contribution < 1.29 is 9.59 Å². The van der Waals surface area contributed by atoms with E-state index in [0.29, 0.717) is 6.54 Å². The minimum absolute atomic E-state index is 0.0288. The fourth-order valence-corrected chi connectivity index (χ4v) is 3.92. The van der Waals surface area contributed by atoms with Gasteiger partial charge < -0.3 is 14.8 Å². The minimum atomic E-state index is -0.555. The maximum absolute atomic E-state index is 13.1. The molecule has 0 saturated carbocycles. The van der Waals surface area contributed by atoms with Crippen LogP contribution in [-0.2, 0) is 23.2 Å². The van der Waals surface area contributed by atoms with Gasteiger partial charge in [-0.05, 0) is 17.2 Å². The Labute approximate surface area is 158 Å². The highest BCUT2D eigenvalue weighted by Gasteiger charge is 2.37. The summed E-state index contributed by atoms with van der Waals surface area (Å²) in [5.41, 5.74) is 3.22. The first-order valence-electron chi connectivity index (χ1n) is 9.20. The Morgan fingerprint density at radius 1 is 1.07 bits per heavy atom. The molecule has 0 unspecified atom stereocenters. The summed E-state index contributed by atoms with van der Waals surface area (Å²) in [4.78, 5) is 27.1. The van der Waals surface area contributed by atoms with Gasteiger partial charge in [0.15, 0.2) is 0 Å². The number of fused-ring (bicyclic) bond motifs is 1. The van der Waals surface area contributed by atoms with Crippen LogP contribution in [0.1, 0.15) is 24.0 Å². The second-order valence-electron chi connectivity index (χ2n) is 7.23. The highest BCUT2D eigenvalue weighted by Crippen LogP contribution is 2.30. The van der Waals surface area contributed by atoms with Crippen molar-refractivity contribution in [1.82, 2.24) is 14.8 Å². The van der Waals surface area contributed by atoms with E-state index in [9.17, 15) is 9.59 Å². The van der Waals surface area contributed by atoms with E-state index in [1.165, 1.54) is 0 Å². The maximum atomic E-state index is 13.1. The van der Waals surface area contributed by atoms with Gasteiger partial charge in [0.2, 0.25) is 11.8 Å². The molecule has 0 aliphatic carbocycles. The summed E-state index contributed by atoms with van der Waals surface area (Å²) in [5.74, 6) is -0.257. The van der Waals surface area contributed by atoms with Crippen LogP contribution in [0.5, 0.6) is 0 Å². The minimum Gasteiger partial charge on any atom is -0.350 e. The van der Waals surface area contributed by atoms with Crippen molar-refractivity contribution in [2.24, 2.45) is 7.05 Å². The van der Waals surface area contributed by atoms with E-state index in [0.717, 1.165) is 22.0 Å². The Hall–Kier alpha value is -3.08. The van der Waals surface area contributed by atoms with Crippen LogP contribution in [0, 0.1) is 0 Å². The number of amides is 2. The molecule has 1 fully saturated rings. The van der Waals surface area contributed by atoms with Gasteiger partial charge >= 0.3 is 0 Å². The number of hydrogen-bond acceptors (Lipinski definition) is 2. The Balaban J connectivity index is 1.63. The number of benzene rings is 2. The van der Waals surface area contributed by atoms with Gasteiger partial charge in [0.1, 0.15) is 6.04 Å². The molecule has 2 amide bonds. The average Bonchev–Trinajstić information content (AvgIpc) is 3.02. The standard InChI is InChI=1S/C22H23N3O2/c1-15(18-13-24(2)19-11-7-6-10-17(18)19)21-22(27)25(14-20(26)23-21)12-16-8-4-3-5-9-16/h3-11,13,15,21H,12,14H2,1-2H3,(H,23,26)/t15-,21-/m1/s1. The molecule has 0 spiro atoms. The number of carbonyl (C=O) groups is 2. The zero-order valence-corrected chi connectivity index (χ0v) is 15.6. The lowest BCUT2D eigenvalue weighted by atomic mass is 9.90. The molecule has 2 heterocycles. The SMILES string of the molecule is C[C@H](c1cn(C)c2ccccc12)[C@H]1NC(=O)CN(Cc2ccccc2)C1=O. The van der Waals surface area contributed by atoms with Crippen LogP contribution in [0.2, 0.25) is 0 Å². The van der Waals surface area contributed by atoms with E-state index in [2.05, 4.69) is 28.2 Å². The number of aromatic nitrogens is 1. The zero-order chi connectivity index (χ0) is 19.0. The number of rotatable bonds is 4. The predicted octanol–water partition coefficient (Wildman–Crippen LogP) is 2.81. The van der Waals surface area contributed by atoms with Gasteiger partial charge in [-0.3, -0.25) is 9.59 Å². The molecule has 4 rings (SSSR count). The molecule has 1 aliphatic rings. The van der Waals surface area contributed by atoms with Crippen LogP contribution in [0.3, 0.4) is 0 Å². The Morgan fingerprint density at radius 3 is 2.56 bits per heavy atom. The molecule has 1 aliphatic heterocycles. The fourth-order valence-electron chi connectivity index (χ4n) is 3.92. The molecule has 1 N–H and O–H groups in total. The number of piperazine rings is 1. The summed E-state index contributed by atoms with van der Waals surface area (Å²) >= 11 is 0. The number of nitrogens with zero attached hydrogens (tertiary/aromatic N) is 2. The number of nitrogens with one attached hydrogen (secondary N) is 1. The fraction of sp³-hybridized carbons (Fsp3) is 0.273. The molecular formula is C22H23N3O2. The van der Waals surface area contributed by atoms with Crippen LogP contribution in [0.4, 0.5) is 0 Å². The van der Waals surface area contributed by atoms with Gasteiger partial charge in [0, 0.05) is 36.6 Å². The van der Waals surface area contributed by atoms with Gasteiger partial charge in [-0.25, -0.2) is 0 Å². The second kappa shape index (κ2) is 6.91. The van der Waals surface area contributed by atoms with Crippen molar-refractivity contribution in [3.8, 4) is 0 Å². The lowest BCUT2D eigenvalue weighted by molar-refractivity contribution is -0.145. The third-order valence-corrected chi connectivity index (χ3v) is 5.36. The van der Waals surface area contributed by atoms with Gasteiger partial charge in [-0.15, -0.1) is 0 Å². The first-order valence-corrected chi connectivity index (χ1v) is 9.20. The van der Waals surface area contributed by atoms with E-state index in [1.54, 1.807) is 4.90 Å². The highest BCUT2D eigenvalue weighted by atomic mass is 16.2. The summed E-state index contributed by atoms with van der Waals surface area (Å²) in [7, 11) is 2.00. The normalized spacial score (nSPS) is 18.6. The third-order valence-electron chi connectivity index (χ3n) is 5.36. The summed E-state index contributed by atoms with van der Waals surface area (Å²) in [6.07, 6.45) is 2.06. The molecule has 0 bridgehead atoms. The Bertz CT molecular complexity index is 993. The number of aryl methyl sites for hydroxylation is 1. The summed E-state index contributed by atoms with van der Waals surface area (Å²) in [6, 6.07) is 17.4. The monoisotopic (exact) mass is 361 g/mol. The van der Waals surface area contributed by atoms with Crippen LogP contribution < -0.4 is 5.32 Å². The molecule has 2 atom stereocenters. The summed E-state index contributed by atoms with van der Waals surface area (Å²) in [6.45, 7) is 2.56. The largest absolute Gasteiger partial charge is 0.350 e. The van der Waals surface area contributed by atoms with Crippen LogP contribution >= 0.6 is 0 Å². The lowest BCUT2D eigenvalue weighted by Gasteiger charge is -2.35. The topological polar surface area (TPSA) is 54.3 Å². The van der Waals surface area contributed by atoms with Gasteiger partial charge in [0.05, 0.1) is 6.54 Å². The van der Waals surface area contributed by atoms with E-state index >= 15 is 0 Å². The molecule has 5 nitrogen and oxygen atoms in total. The zero-order valence-electron chi connectivity index (χ0n) is 15.6. The molecule has 5 heteroatoms. The lowest BCUT2D eigenvalue weighted by Crippen LogP contribution is -2.59. The van der Waals surface area contributed by atoms with Crippen molar-refractivity contribution in [1.29, 1.82) is 0 Å². The molecular weight excluding hydrogens is 338 g/mol. The molecule has 1 aromatic heterocycles. The Kier molecular flexibility index (Phi) is 4.44. The number of para-hydroxylation sites is 1. The van der Waals surface area contributed by atoms with E-state index in [1.807, 2.05) is 56.4 Å². The van der Waals surface area contributed by atoms with Crippen molar-refractivity contribution in [2.75, 3.05) is 6.54 Å². The smallest absolute Gasteiger partial charge is 0.246 e. The quantitative estimate of drug-likeness (QED) is 0.777. The predicted molar refractivity (Wildman–Crippen MR) is 105 cm³/mol. The van der Waals surface area contributed by atoms with Gasteiger partial charge in [0.25, 0.3) is 0 Å². The van der Waals surface area contributed by atoms with E-state index in [4.69, 9.17) is 0 Å². The first-order chi connectivity index (χ1) is 13.0. The number of hydrogen-bond donors (Lipinski definition) is 1. The number of carbonyl (C=O) groups excluding carboxylic acids is 2. The molecule has 2 aromatic carbocycles. The summed E-state index contributed by atoms with van der Waals surface area (Å²) in [5, 5.41) is 4.03. The molecule has 138 valence electrons. The summed E-state index contributed by atoms with van der Waals surface area (Å²) < 4.78 is 2.07. The van der Waals surface area contributed by atoms with Crippen molar-refractivity contribution in [3.05, 3.63) is 71.9 Å². The van der Waals surface area contributed by atoms with E-state index in [-0.39, 0.29) is 24.3 Å². The van der Waals surface area contributed by atoms with Crippen LogP contribution in [0.15, 0.2) is 60.8 Å². The molecule has 27 heavy (non-hydrogen) atoms. The van der Waals surface area contributed by atoms with Crippen molar-refractivity contribution in [3.63, 3.8) is 0 Å². The van der Waals surface area contributed by atoms with Crippen molar-refractivity contribution >= 4 is 22.7 Å². The Morgan fingerprint density at radius 2 is 1.78 bits per heavy atom. The van der Waals surface area contributed by atoms with Gasteiger partial charge in [-0.2, -0.15) is 0 Å². The maximum Gasteiger partial charge on any atom is 0.246 e. The van der Waals surface area contributed by atoms with Gasteiger partial charge in [-0.1, -0.05) is 55.5 Å². The molecule has 0 radical (unpaired) electrons. The molecule has 1 saturated heterocycles. The van der Waals surface area contributed by atoms with E-state index < -0.39 is 6.04 Å². The highest BCUT2D eigenvalue weighted by molar-refractivity contribution is 5.96.